The van der Waals surface area contributed by atoms with E-state index in [2.05, 4.69) is 5.10 Å². The van der Waals surface area contributed by atoms with Crippen LogP contribution in [0.5, 0.6) is 0 Å². The number of rotatable bonds is 5. The number of hydrogen-bond acceptors (Lipinski definition) is 3. The predicted molar refractivity (Wildman–Crippen MR) is 91.0 cm³/mol. The topological polar surface area (TPSA) is 78.2 Å². The molecule has 2 aromatic carbocycles. The van der Waals surface area contributed by atoms with E-state index in [0.29, 0.717) is 21.0 Å². The Morgan fingerprint density at radius 1 is 1.15 bits per heavy atom. The van der Waals surface area contributed by atoms with Gasteiger partial charge in [-0.3, -0.25) is 4.79 Å². The van der Waals surface area contributed by atoms with Crippen LogP contribution in [0.3, 0.4) is 0 Å². The van der Waals surface area contributed by atoms with E-state index < -0.39 is 28.9 Å². The standard InChI is InChI=1S/C18H13F3N2O3S/c19-18(20,21)13-4-6-14(7-5-13)23-11-16(10-22-23)27(26)15-3-1-2-12(8-15)9-17(24)25/h1-8,10-11H,9H2,(H,24,25). The number of carboxylic acid groups (broad SMARTS) is 1. The van der Waals surface area contributed by atoms with Crippen molar-refractivity contribution in [3.63, 3.8) is 0 Å². The summed E-state index contributed by atoms with van der Waals surface area (Å²) in [4.78, 5) is 11.6. The zero-order valence-electron chi connectivity index (χ0n) is 13.7. The molecule has 0 saturated carbocycles. The highest BCUT2D eigenvalue weighted by atomic mass is 32.2. The third kappa shape index (κ3) is 4.50. The van der Waals surface area contributed by atoms with E-state index in [1.165, 1.54) is 29.2 Å². The van der Waals surface area contributed by atoms with Crippen molar-refractivity contribution in [1.82, 2.24) is 9.78 Å². The fourth-order valence-corrected chi connectivity index (χ4v) is 3.50. The zero-order chi connectivity index (χ0) is 19.6. The van der Waals surface area contributed by atoms with Crippen molar-refractivity contribution in [1.29, 1.82) is 0 Å². The van der Waals surface area contributed by atoms with Crippen LogP contribution in [0.1, 0.15) is 11.1 Å². The van der Waals surface area contributed by atoms with Gasteiger partial charge >= 0.3 is 12.1 Å². The Labute approximate surface area is 155 Å². The Kier molecular flexibility index (Phi) is 5.24. The van der Waals surface area contributed by atoms with E-state index in [4.69, 9.17) is 5.11 Å². The molecule has 1 N–H and O–H groups in total. The van der Waals surface area contributed by atoms with Crippen molar-refractivity contribution < 1.29 is 27.6 Å². The van der Waals surface area contributed by atoms with Gasteiger partial charge < -0.3 is 9.66 Å². The van der Waals surface area contributed by atoms with Crippen molar-refractivity contribution >= 4 is 17.1 Å². The molecule has 0 bridgehead atoms. The fraction of sp³-hybridized carbons (Fsp3) is 0.111. The second-order valence-corrected chi connectivity index (χ2v) is 7.13. The minimum atomic E-state index is -4.42. The van der Waals surface area contributed by atoms with E-state index in [1.54, 1.807) is 24.3 Å². The molecule has 27 heavy (non-hydrogen) atoms. The molecule has 1 aromatic heterocycles. The normalized spacial score (nSPS) is 12.7. The summed E-state index contributed by atoms with van der Waals surface area (Å²) in [5, 5.41) is 12.9. The highest BCUT2D eigenvalue weighted by molar-refractivity contribution is 7.91. The van der Waals surface area contributed by atoms with Crippen molar-refractivity contribution in [2.24, 2.45) is 0 Å². The molecule has 0 fully saturated rings. The van der Waals surface area contributed by atoms with Crippen molar-refractivity contribution in [3.05, 3.63) is 72.1 Å². The molecule has 5 nitrogen and oxygen atoms in total. The predicted octanol–water partition coefficient (Wildman–Crippen LogP) is 3.68. The van der Waals surface area contributed by atoms with Gasteiger partial charge in [-0.1, -0.05) is 12.1 Å². The average Bonchev–Trinajstić information content (AvgIpc) is 3.10. The Hall–Kier alpha value is -2.78. The van der Waals surface area contributed by atoms with Crippen LogP contribution in [-0.4, -0.2) is 25.4 Å². The number of hydrogen-bond donors (Lipinski definition) is 1. The van der Waals surface area contributed by atoms with Crippen molar-refractivity contribution in [3.8, 4) is 5.69 Å². The molecule has 1 unspecified atom stereocenters. The zero-order valence-corrected chi connectivity index (χ0v) is 14.5. The van der Waals surface area contributed by atoms with Crippen LogP contribution in [0.2, 0.25) is 0 Å². The highest BCUT2D eigenvalue weighted by Crippen LogP contribution is 2.30. The van der Waals surface area contributed by atoms with Gasteiger partial charge in [-0.15, -0.1) is 0 Å². The minimum Gasteiger partial charge on any atom is -0.606 e. The summed E-state index contributed by atoms with van der Waals surface area (Å²) >= 11 is -1.60. The molecule has 0 aliphatic rings. The molecule has 140 valence electrons. The summed E-state index contributed by atoms with van der Waals surface area (Å²) in [6, 6.07) is 10.8. The number of carbonyl (C=O) groups is 1. The van der Waals surface area contributed by atoms with Crippen LogP contribution in [0.4, 0.5) is 13.2 Å². The number of halogens is 3. The lowest BCUT2D eigenvalue weighted by atomic mass is 10.2. The maximum Gasteiger partial charge on any atom is 0.416 e. The molecule has 1 heterocycles. The maximum atomic E-state index is 12.7. The molecular formula is C18H13F3N2O3S. The van der Waals surface area contributed by atoms with Crippen molar-refractivity contribution in [2.45, 2.75) is 22.4 Å². The quantitative estimate of drug-likeness (QED) is 0.670. The number of aliphatic carboxylic acids is 1. The molecule has 0 spiro atoms. The van der Waals surface area contributed by atoms with Gasteiger partial charge in [0, 0.05) is 11.2 Å². The van der Waals surface area contributed by atoms with E-state index in [1.807, 2.05) is 0 Å². The van der Waals surface area contributed by atoms with Crippen LogP contribution < -0.4 is 0 Å². The maximum absolute atomic E-state index is 12.7. The van der Waals surface area contributed by atoms with Gasteiger partial charge in [0.15, 0.2) is 9.79 Å². The second kappa shape index (κ2) is 7.45. The Bertz CT molecular complexity index is 955. The fourth-order valence-electron chi connectivity index (χ4n) is 2.43. The molecule has 0 radical (unpaired) electrons. The number of alkyl halides is 3. The lowest BCUT2D eigenvalue weighted by Crippen LogP contribution is -2.05. The summed E-state index contributed by atoms with van der Waals surface area (Å²) in [7, 11) is 0. The molecule has 0 aliphatic heterocycles. The summed E-state index contributed by atoms with van der Waals surface area (Å²) in [6.07, 6.45) is -1.79. The van der Waals surface area contributed by atoms with Crippen LogP contribution in [-0.2, 0) is 28.6 Å². The Balaban J connectivity index is 1.82. The van der Waals surface area contributed by atoms with E-state index in [9.17, 15) is 22.5 Å². The van der Waals surface area contributed by atoms with Gasteiger partial charge in [-0.25, -0.2) is 4.68 Å². The van der Waals surface area contributed by atoms with Crippen LogP contribution in [0.25, 0.3) is 5.69 Å². The Morgan fingerprint density at radius 3 is 2.48 bits per heavy atom. The largest absolute Gasteiger partial charge is 0.606 e. The van der Waals surface area contributed by atoms with E-state index >= 15 is 0 Å². The first-order valence-electron chi connectivity index (χ1n) is 7.69. The summed E-state index contributed by atoms with van der Waals surface area (Å²) in [5.74, 6) is -0.993. The molecule has 9 heteroatoms. The van der Waals surface area contributed by atoms with E-state index in [0.717, 1.165) is 12.1 Å². The van der Waals surface area contributed by atoms with Gasteiger partial charge in [0.2, 0.25) is 0 Å². The third-order valence-corrected chi connectivity index (χ3v) is 5.02. The number of carboxylic acids is 1. The van der Waals surface area contributed by atoms with Crippen LogP contribution in [0, 0.1) is 0 Å². The molecule has 3 rings (SSSR count). The number of nitrogens with zero attached hydrogens (tertiary/aromatic N) is 2. The Morgan fingerprint density at radius 2 is 1.85 bits per heavy atom. The monoisotopic (exact) mass is 394 g/mol. The van der Waals surface area contributed by atoms with Gasteiger partial charge in [-0.05, 0) is 42.0 Å². The average molecular weight is 394 g/mol. The SMILES string of the molecule is O=C(O)Cc1cccc([S+]([O-])c2cnn(-c3ccc(C(F)(F)F)cc3)c2)c1. The lowest BCUT2D eigenvalue weighted by Gasteiger charge is -2.09. The number of benzene rings is 2. The van der Waals surface area contributed by atoms with Crippen molar-refractivity contribution in [2.75, 3.05) is 0 Å². The molecule has 1 atom stereocenters. The first kappa shape index (κ1) is 19.0. The summed E-state index contributed by atoms with van der Waals surface area (Å²) < 4.78 is 51.9. The van der Waals surface area contributed by atoms with E-state index in [-0.39, 0.29) is 6.42 Å². The minimum absolute atomic E-state index is 0.185. The smallest absolute Gasteiger partial charge is 0.416 e. The van der Waals surface area contributed by atoms with Gasteiger partial charge in [0.1, 0.15) is 6.20 Å². The molecule has 0 aliphatic carbocycles. The van der Waals surface area contributed by atoms with Gasteiger partial charge in [0.05, 0.1) is 23.9 Å². The van der Waals surface area contributed by atoms with Crippen LogP contribution >= 0.6 is 0 Å². The highest BCUT2D eigenvalue weighted by Gasteiger charge is 2.30. The third-order valence-electron chi connectivity index (χ3n) is 3.70. The lowest BCUT2D eigenvalue weighted by molar-refractivity contribution is -0.138. The molecule has 0 saturated heterocycles. The van der Waals surface area contributed by atoms with Gasteiger partial charge in [0.25, 0.3) is 0 Å². The van der Waals surface area contributed by atoms with Crippen LogP contribution in [0.15, 0.2) is 70.7 Å². The van der Waals surface area contributed by atoms with Gasteiger partial charge in [-0.2, -0.15) is 18.3 Å². The first-order valence-corrected chi connectivity index (χ1v) is 8.84. The summed E-state index contributed by atoms with van der Waals surface area (Å²) in [5.41, 5.74) is 0.145. The first-order chi connectivity index (χ1) is 12.7. The number of aromatic nitrogens is 2. The second-order valence-electron chi connectivity index (χ2n) is 5.65. The molecule has 3 aromatic rings. The summed E-state index contributed by atoms with van der Waals surface area (Å²) in [6.45, 7) is 0. The molecule has 0 amide bonds. The molecular weight excluding hydrogens is 381 g/mol.